The summed E-state index contributed by atoms with van der Waals surface area (Å²) in [6.07, 6.45) is 1.08. The zero-order valence-electron chi connectivity index (χ0n) is 11.7. The molecule has 0 bridgehead atoms. The fourth-order valence-corrected chi connectivity index (χ4v) is 5.70. The maximum Gasteiger partial charge on any atom is 0.244 e. The zero-order chi connectivity index (χ0) is 15.8. The van der Waals surface area contributed by atoms with Gasteiger partial charge in [0.05, 0.1) is 9.79 Å². The Morgan fingerprint density at radius 2 is 1.95 bits per heavy atom. The van der Waals surface area contributed by atoms with Gasteiger partial charge in [0.25, 0.3) is 0 Å². The van der Waals surface area contributed by atoms with Crippen LogP contribution in [0.5, 0.6) is 0 Å². The van der Waals surface area contributed by atoms with Crippen molar-refractivity contribution in [3.05, 3.63) is 22.7 Å². The van der Waals surface area contributed by atoms with Gasteiger partial charge in [-0.1, -0.05) is 0 Å². The molecule has 0 aromatic heterocycles. The van der Waals surface area contributed by atoms with Gasteiger partial charge in [-0.15, -0.1) is 0 Å². The van der Waals surface area contributed by atoms with Crippen molar-refractivity contribution < 1.29 is 16.8 Å². The first-order valence-corrected chi connectivity index (χ1v) is 10.5. The van der Waals surface area contributed by atoms with Crippen LogP contribution in [0.25, 0.3) is 0 Å². The van der Waals surface area contributed by atoms with Crippen LogP contribution in [0.15, 0.2) is 32.5 Å². The normalized spacial score (nSPS) is 21.4. The minimum atomic E-state index is -3.65. The number of benzene rings is 1. The van der Waals surface area contributed by atoms with Crippen molar-refractivity contribution in [2.45, 2.75) is 22.8 Å². The van der Waals surface area contributed by atoms with E-state index in [1.165, 1.54) is 22.5 Å². The molecule has 1 aromatic rings. The molecule has 9 heteroatoms. The quantitative estimate of drug-likeness (QED) is 0.817. The van der Waals surface area contributed by atoms with Crippen molar-refractivity contribution in [2.75, 3.05) is 25.9 Å². The van der Waals surface area contributed by atoms with Crippen molar-refractivity contribution in [1.82, 2.24) is 9.62 Å². The number of sulfone groups is 1. The van der Waals surface area contributed by atoms with Crippen LogP contribution in [0.4, 0.5) is 0 Å². The molecule has 1 aliphatic heterocycles. The highest BCUT2D eigenvalue weighted by Gasteiger charge is 2.32. The molecule has 0 spiro atoms. The third-order valence-corrected chi connectivity index (χ3v) is 7.46. The van der Waals surface area contributed by atoms with E-state index in [0.717, 1.165) is 6.26 Å². The van der Waals surface area contributed by atoms with Gasteiger partial charge in [0.2, 0.25) is 10.0 Å². The van der Waals surface area contributed by atoms with Gasteiger partial charge < -0.3 is 5.32 Å². The Balaban J connectivity index is 2.46. The fraction of sp³-hybridized carbons (Fsp3) is 0.500. The number of nitrogens with one attached hydrogen (secondary N) is 1. The lowest BCUT2D eigenvalue weighted by Crippen LogP contribution is -2.52. The van der Waals surface area contributed by atoms with Gasteiger partial charge in [-0.2, -0.15) is 4.31 Å². The van der Waals surface area contributed by atoms with Gasteiger partial charge in [-0.25, -0.2) is 16.8 Å². The topological polar surface area (TPSA) is 83.6 Å². The fourth-order valence-electron chi connectivity index (χ4n) is 2.23. The Hall–Kier alpha value is -0.480. The second-order valence-corrected chi connectivity index (χ2v) is 9.76. The lowest BCUT2D eigenvalue weighted by molar-refractivity contribution is 0.283. The van der Waals surface area contributed by atoms with Crippen LogP contribution >= 0.6 is 15.9 Å². The van der Waals surface area contributed by atoms with Gasteiger partial charge in [-0.3, -0.25) is 0 Å². The molecule has 1 fully saturated rings. The number of hydrogen-bond acceptors (Lipinski definition) is 5. The molecule has 21 heavy (non-hydrogen) atoms. The molecular formula is C12H17BrN2O4S2. The third kappa shape index (κ3) is 3.48. The molecule has 1 heterocycles. The van der Waals surface area contributed by atoms with Crippen molar-refractivity contribution >= 4 is 35.8 Å². The Morgan fingerprint density at radius 1 is 1.29 bits per heavy atom. The maximum atomic E-state index is 12.7. The van der Waals surface area contributed by atoms with E-state index in [1.54, 1.807) is 0 Å². The van der Waals surface area contributed by atoms with E-state index in [1.807, 2.05) is 6.92 Å². The summed E-state index contributed by atoms with van der Waals surface area (Å²) in [5.41, 5.74) is 0. The van der Waals surface area contributed by atoms with Crippen molar-refractivity contribution in [2.24, 2.45) is 0 Å². The molecule has 1 aromatic carbocycles. The summed E-state index contributed by atoms with van der Waals surface area (Å²) in [7, 11) is -7.02. The largest absolute Gasteiger partial charge is 0.314 e. The summed E-state index contributed by atoms with van der Waals surface area (Å²) in [6, 6.07) is 3.84. The predicted octanol–water partition coefficient (Wildman–Crippen LogP) is 0.835. The molecular weight excluding hydrogens is 380 g/mol. The molecule has 1 atom stereocenters. The van der Waals surface area contributed by atoms with Crippen LogP contribution in [0.1, 0.15) is 6.92 Å². The highest BCUT2D eigenvalue weighted by atomic mass is 79.9. The van der Waals surface area contributed by atoms with Gasteiger partial charge >= 0.3 is 0 Å². The predicted molar refractivity (Wildman–Crippen MR) is 83.5 cm³/mol. The van der Waals surface area contributed by atoms with Gasteiger partial charge in [0.1, 0.15) is 0 Å². The first-order chi connectivity index (χ1) is 9.64. The van der Waals surface area contributed by atoms with Gasteiger partial charge in [-0.05, 0) is 41.1 Å². The van der Waals surface area contributed by atoms with Crippen molar-refractivity contribution in [1.29, 1.82) is 0 Å². The van der Waals surface area contributed by atoms with E-state index in [0.29, 0.717) is 19.6 Å². The first-order valence-electron chi connectivity index (χ1n) is 6.36. The monoisotopic (exact) mass is 396 g/mol. The average Bonchev–Trinajstić information content (AvgIpc) is 2.37. The van der Waals surface area contributed by atoms with Gasteiger partial charge in [0.15, 0.2) is 9.84 Å². The van der Waals surface area contributed by atoms with Crippen LogP contribution in [0.3, 0.4) is 0 Å². The SMILES string of the molecule is CC1CNCCN1S(=O)(=O)c1ccc(S(C)(=O)=O)cc1Br. The number of nitrogens with zero attached hydrogens (tertiary/aromatic N) is 1. The lowest BCUT2D eigenvalue weighted by Gasteiger charge is -2.33. The lowest BCUT2D eigenvalue weighted by atomic mass is 10.3. The number of hydrogen-bond donors (Lipinski definition) is 1. The first kappa shape index (κ1) is 16.9. The molecule has 0 amide bonds. The highest BCUT2D eigenvalue weighted by Crippen LogP contribution is 2.29. The molecule has 2 rings (SSSR count). The molecule has 118 valence electrons. The minimum Gasteiger partial charge on any atom is -0.314 e. The highest BCUT2D eigenvalue weighted by molar-refractivity contribution is 9.10. The van der Waals surface area contributed by atoms with E-state index in [-0.39, 0.29) is 20.3 Å². The van der Waals surface area contributed by atoms with E-state index in [9.17, 15) is 16.8 Å². The number of piperazine rings is 1. The molecule has 0 aliphatic carbocycles. The molecule has 0 radical (unpaired) electrons. The second-order valence-electron chi connectivity index (χ2n) is 5.03. The Kier molecular flexibility index (Phi) is 4.79. The van der Waals surface area contributed by atoms with E-state index < -0.39 is 19.9 Å². The average molecular weight is 397 g/mol. The third-order valence-electron chi connectivity index (χ3n) is 3.36. The van der Waals surface area contributed by atoms with E-state index >= 15 is 0 Å². The van der Waals surface area contributed by atoms with E-state index in [2.05, 4.69) is 21.2 Å². The number of halogens is 1. The Morgan fingerprint density at radius 3 is 2.48 bits per heavy atom. The van der Waals surface area contributed by atoms with Crippen LogP contribution in [-0.4, -0.2) is 53.1 Å². The smallest absolute Gasteiger partial charge is 0.244 e. The minimum absolute atomic E-state index is 0.0849. The maximum absolute atomic E-state index is 12.7. The summed E-state index contributed by atoms with van der Waals surface area (Å²) in [5.74, 6) is 0. The summed E-state index contributed by atoms with van der Waals surface area (Å²) in [5, 5.41) is 3.13. The van der Waals surface area contributed by atoms with Crippen molar-refractivity contribution in [3.8, 4) is 0 Å². The summed E-state index contributed by atoms with van der Waals surface area (Å²) < 4.78 is 50.1. The molecule has 0 saturated carbocycles. The standard InChI is InChI=1S/C12H17BrN2O4S2/c1-9-8-14-5-6-15(9)21(18,19)12-4-3-10(7-11(12)13)20(2,16)17/h3-4,7,9,14H,5-6,8H2,1-2H3. The van der Waals surface area contributed by atoms with Crippen molar-refractivity contribution in [3.63, 3.8) is 0 Å². The molecule has 6 nitrogen and oxygen atoms in total. The summed E-state index contributed by atoms with van der Waals surface area (Å²) in [6.45, 7) is 3.42. The number of rotatable bonds is 3. The second kappa shape index (κ2) is 5.96. The van der Waals surface area contributed by atoms with E-state index in [4.69, 9.17) is 0 Å². The number of sulfonamides is 1. The molecule has 1 unspecified atom stereocenters. The van der Waals surface area contributed by atoms with Crippen LogP contribution in [0.2, 0.25) is 0 Å². The molecule has 1 N–H and O–H groups in total. The van der Waals surface area contributed by atoms with Gasteiger partial charge in [0, 0.05) is 36.4 Å². The van der Waals surface area contributed by atoms with Crippen LogP contribution < -0.4 is 5.32 Å². The van der Waals surface area contributed by atoms with Crippen LogP contribution in [0, 0.1) is 0 Å². The summed E-state index contributed by atoms with van der Waals surface area (Å²) in [4.78, 5) is 0.172. The Labute approximate surface area is 133 Å². The summed E-state index contributed by atoms with van der Waals surface area (Å²) >= 11 is 3.18. The molecule has 1 aliphatic rings. The molecule has 1 saturated heterocycles. The Bertz CT molecular complexity index is 747. The van der Waals surface area contributed by atoms with Crippen LogP contribution in [-0.2, 0) is 19.9 Å². The zero-order valence-corrected chi connectivity index (χ0v) is 14.9.